The van der Waals surface area contributed by atoms with Crippen molar-refractivity contribution in [1.82, 2.24) is 19.6 Å². The van der Waals surface area contributed by atoms with E-state index in [1.165, 1.54) is 35.7 Å². The van der Waals surface area contributed by atoms with E-state index in [-0.39, 0.29) is 35.6 Å². The van der Waals surface area contributed by atoms with E-state index in [0.29, 0.717) is 43.3 Å². The van der Waals surface area contributed by atoms with Crippen LogP contribution < -0.4 is 4.90 Å². The lowest BCUT2D eigenvalue weighted by Gasteiger charge is -2.35. The van der Waals surface area contributed by atoms with Crippen LogP contribution in [0.5, 0.6) is 0 Å². The van der Waals surface area contributed by atoms with Gasteiger partial charge in [-0.05, 0) is 37.1 Å². The third kappa shape index (κ3) is 5.84. The van der Waals surface area contributed by atoms with Crippen molar-refractivity contribution >= 4 is 35.3 Å². The number of aryl methyl sites for hydroxylation is 1. The van der Waals surface area contributed by atoms with E-state index in [1.807, 2.05) is 62.4 Å². The van der Waals surface area contributed by atoms with Gasteiger partial charge in [-0.2, -0.15) is 5.10 Å². The second kappa shape index (κ2) is 12.5. The number of aromatic nitrogens is 2. The number of benzene rings is 3. The molecule has 2 aliphatic rings. The van der Waals surface area contributed by atoms with Gasteiger partial charge in [-0.15, -0.1) is 11.8 Å². The first-order valence-electron chi connectivity index (χ1n) is 14.8. The summed E-state index contributed by atoms with van der Waals surface area (Å²) in [5.41, 5.74) is 4.75. The number of amides is 3. The minimum Gasteiger partial charge on any atom is -0.339 e. The number of piperazine rings is 1. The number of carbonyl (C=O) groups excluding carboxylic acids is 3. The molecule has 0 aliphatic carbocycles. The molecule has 1 unspecified atom stereocenters. The number of hydrogen-bond donors (Lipinski definition) is 0. The zero-order chi connectivity index (χ0) is 31.8. The average Bonchev–Trinajstić information content (AvgIpc) is 3.35. The Kier molecular flexibility index (Phi) is 8.46. The van der Waals surface area contributed by atoms with Crippen LogP contribution in [0, 0.1) is 25.5 Å². The molecule has 0 spiro atoms. The van der Waals surface area contributed by atoms with Gasteiger partial charge in [-0.1, -0.05) is 48.5 Å². The Hall–Kier alpha value is -4.51. The second-order valence-electron chi connectivity index (χ2n) is 11.3. The van der Waals surface area contributed by atoms with E-state index in [0.717, 1.165) is 28.4 Å². The monoisotopic (exact) mass is 629 g/mol. The molecule has 1 saturated heterocycles. The maximum absolute atomic E-state index is 15.5. The van der Waals surface area contributed by atoms with Crippen LogP contribution in [0.2, 0.25) is 0 Å². The van der Waals surface area contributed by atoms with Crippen molar-refractivity contribution in [2.45, 2.75) is 26.0 Å². The largest absolute Gasteiger partial charge is 0.339 e. The first-order valence-corrected chi connectivity index (χ1v) is 15.8. The summed E-state index contributed by atoms with van der Waals surface area (Å²) in [6.07, 6.45) is 0. The Balaban J connectivity index is 1.56. The van der Waals surface area contributed by atoms with Crippen LogP contribution in [0.15, 0.2) is 66.7 Å². The minimum absolute atomic E-state index is 0.0391. The summed E-state index contributed by atoms with van der Waals surface area (Å²) in [6.45, 7) is 6.75. The highest BCUT2D eigenvalue weighted by atomic mass is 32.2. The summed E-state index contributed by atoms with van der Waals surface area (Å²) in [4.78, 5) is 44.5. The molecule has 2 aliphatic heterocycles. The molecule has 3 aromatic carbocycles. The van der Waals surface area contributed by atoms with Crippen molar-refractivity contribution in [3.8, 4) is 16.9 Å². The fourth-order valence-corrected chi connectivity index (χ4v) is 7.15. The molecule has 3 heterocycles. The van der Waals surface area contributed by atoms with Crippen LogP contribution in [-0.4, -0.2) is 75.8 Å². The number of fused-ring (bicyclic) bond motifs is 1. The summed E-state index contributed by atoms with van der Waals surface area (Å²) in [5, 5.41) is 4.35. The molecule has 8 nitrogen and oxygen atoms in total. The van der Waals surface area contributed by atoms with Crippen molar-refractivity contribution in [3.63, 3.8) is 0 Å². The van der Waals surface area contributed by atoms with Gasteiger partial charge < -0.3 is 9.80 Å². The number of nitrogens with zero attached hydrogens (tertiary/aromatic N) is 5. The lowest BCUT2D eigenvalue weighted by molar-refractivity contribution is -0.137. The van der Waals surface area contributed by atoms with E-state index in [9.17, 15) is 18.8 Å². The van der Waals surface area contributed by atoms with Crippen LogP contribution in [0.3, 0.4) is 0 Å². The molecule has 0 bridgehead atoms. The maximum Gasteiger partial charge on any atom is 0.242 e. The fraction of sp³-hybridized carbons (Fsp3) is 0.294. The number of carbonyl (C=O) groups is 3. The molecular weight excluding hydrogens is 596 g/mol. The zero-order valence-corrected chi connectivity index (χ0v) is 26.1. The zero-order valence-electron chi connectivity index (χ0n) is 25.3. The van der Waals surface area contributed by atoms with Crippen LogP contribution in [0.1, 0.15) is 34.4 Å². The number of rotatable bonds is 5. The number of hydrogen-bond acceptors (Lipinski definition) is 5. The quantitative estimate of drug-likeness (QED) is 0.300. The first kappa shape index (κ1) is 30.5. The Morgan fingerprint density at radius 2 is 1.64 bits per heavy atom. The third-order valence-corrected chi connectivity index (χ3v) is 9.79. The molecular formula is C34H33F2N5O3S. The Bertz CT molecular complexity index is 1790. The van der Waals surface area contributed by atoms with Crippen molar-refractivity contribution < 1.29 is 23.2 Å². The van der Waals surface area contributed by atoms with Gasteiger partial charge in [0.1, 0.15) is 24.0 Å². The molecule has 45 heavy (non-hydrogen) atoms. The summed E-state index contributed by atoms with van der Waals surface area (Å²) in [7, 11) is 0. The van der Waals surface area contributed by atoms with Crippen molar-refractivity contribution in [3.05, 3.63) is 101 Å². The van der Waals surface area contributed by atoms with Gasteiger partial charge in [0.25, 0.3) is 0 Å². The van der Waals surface area contributed by atoms with Crippen LogP contribution in [0.25, 0.3) is 16.9 Å². The van der Waals surface area contributed by atoms with Gasteiger partial charge in [-0.25, -0.2) is 13.5 Å². The second-order valence-corrected chi connectivity index (χ2v) is 12.4. The van der Waals surface area contributed by atoms with Crippen molar-refractivity contribution in [1.29, 1.82) is 0 Å². The minimum atomic E-state index is -0.725. The van der Waals surface area contributed by atoms with E-state index in [1.54, 1.807) is 14.5 Å². The number of anilines is 1. The Labute approximate surface area is 264 Å². The number of halogens is 2. The van der Waals surface area contributed by atoms with Gasteiger partial charge in [0.2, 0.25) is 17.7 Å². The molecule has 0 N–H and O–H groups in total. The fourth-order valence-electron chi connectivity index (χ4n) is 5.93. The molecule has 6 rings (SSSR count). The molecule has 11 heteroatoms. The van der Waals surface area contributed by atoms with Gasteiger partial charge in [0, 0.05) is 55.9 Å². The average molecular weight is 630 g/mol. The van der Waals surface area contributed by atoms with Crippen LogP contribution in [-0.2, 0) is 14.4 Å². The van der Waals surface area contributed by atoms with Crippen LogP contribution in [0.4, 0.5) is 14.6 Å². The molecule has 1 atom stereocenters. The standard InChI is InChI=1S/C34H33F2N5O3S/c1-21-8-7-11-28(22(21)2)41-34-31(32(37-41)24-9-5-4-6-10-24)33(26-13-12-25(35)18-27(26)36)45-20-30(44)40(34)19-29(43)39-16-14-38(15-17-39)23(3)42/h4-13,18,33H,14-17,19-20H2,1-3H3. The first-order chi connectivity index (χ1) is 21.6. The Morgan fingerprint density at radius 3 is 2.33 bits per heavy atom. The predicted octanol–water partition coefficient (Wildman–Crippen LogP) is 5.29. The molecule has 3 amide bonds. The summed E-state index contributed by atoms with van der Waals surface area (Å²) < 4.78 is 31.3. The smallest absolute Gasteiger partial charge is 0.242 e. The molecule has 232 valence electrons. The summed E-state index contributed by atoms with van der Waals surface area (Å²) >= 11 is 1.23. The van der Waals surface area contributed by atoms with Crippen molar-refractivity contribution in [2.24, 2.45) is 0 Å². The summed E-state index contributed by atoms with van der Waals surface area (Å²) in [5.74, 6) is -1.71. The highest BCUT2D eigenvalue weighted by molar-refractivity contribution is 8.00. The van der Waals surface area contributed by atoms with Crippen LogP contribution >= 0.6 is 11.8 Å². The van der Waals surface area contributed by atoms with Crippen molar-refractivity contribution in [2.75, 3.05) is 43.4 Å². The molecule has 0 radical (unpaired) electrons. The highest BCUT2D eigenvalue weighted by Gasteiger charge is 2.39. The van der Waals surface area contributed by atoms with E-state index >= 15 is 4.39 Å². The highest BCUT2D eigenvalue weighted by Crippen LogP contribution is 2.49. The lowest BCUT2D eigenvalue weighted by atomic mass is 9.99. The Morgan fingerprint density at radius 1 is 0.933 bits per heavy atom. The van der Waals surface area contributed by atoms with E-state index < -0.39 is 16.9 Å². The topological polar surface area (TPSA) is 78.8 Å². The van der Waals surface area contributed by atoms with Gasteiger partial charge in [0.15, 0.2) is 0 Å². The van der Waals surface area contributed by atoms with Gasteiger partial charge >= 0.3 is 0 Å². The third-order valence-electron chi connectivity index (χ3n) is 8.56. The molecule has 1 fully saturated rings. The number of thioether (sulfide) groups is 1. The van der Waals surface area contributed by atoms with Gasteiger partial charge in [0.05, 0.1) is 22.4 Å². The maximum atomic E-state index is 15.5. The lowest BCUT2D eigenvalue weighted by Crippen LogP contribution is -2.53. The summed E-state index contributed by atoms with van der Waals surface area (Å²) in [6, 6.07) is 18.7. The molecule has 1 aromatic heterocycles. The van der Waals surface area contributed by atoms with Gasteiger partial charge in [-0.3, -0.25) is 19.3 Å². The SMILES string of the molecule is CC(=O)N1CCN(C(=O)CN2C(=O)CSC(c3ccc(F)cc3F)c3c(-c4ccccc4)nn(-c4cccc(C)c4C)c32)CC1. The molecule has 0 saturated carbocycles. The normalized spacial score (nSPS) is 16.9. The van der Waals surface area contributed by atoms with E-state index in [4.69, 9.17) is 5.10 Å². The molecule has 4 aromatic rings. The predicted molar refractivity (Wildman–Crippen MR) is 170 cm³/mol. The van der Waals surface area contributed by atoms with E-state index in [2.05, 4.69) is 0 Å².